The third kappa shape index (κ3) is 2.97. The predicted octanol–water partition coefficient (Wildman–Crippen LogP) is 0.627. The lowest BCUT2D eigenvalue weighted by molar-refractivity contribution is 0.301. The predicted molar refractivity (Wildman–Crippen MR) is 33.3 cm³/mol. The Balaban J connectivity index is 2.99. The monoisotopic (exact) mass is 120 g/mol. The third-order valence-corrected chi connectivity index (χ3v) is 1.35. The minimum absolute atomic E-state index is 0.0972. The van der Waals surface area contributed by atoms with E-state index in [9.17, 15) is 0 Å². The summed E-state index contributed by atoms with van der Waals surface area (Å²) in [5.41, 5.74) is 0. The van der Waals surface area contributed by atoms with Gasteiger partial charge in [0.1, 0.15) is 0 Å². The standard InChI is InChI=1S/C3H9BO2S/c1-5-4(6-2)7-3/h1-3H3. The van der Waals surface area contributed by atoms with Gasteiger partial charge in [-0.1, -0.05) is 0 Å². The molecule has 0 heterocycles. The first kappa shape index (κ1) is 7.33. The van der Waals surface area contributed by atoms with E-state index < -0.39 is 0 Å². The highest BCUT2D eigenvalue weighted by molar-refractivity contribution is 8.23. The summed E-state index contributed by atoms with van der Waals surface area (Å²) in [5.74, 6) is 0. The topological polar surface area (TPSA) is 18.5 Å². The van der Waals surface area contributed by atoms with E-state index in [2.05, 4.69) is 0 Å². The van der Waals surface area contributed by atoms with Gasteiger partial charge in [0, 0.05) is 14.2 Å². The summed E-state index contributed by atoms with van der Waals surface area (Å²) in [6, 6.07) is 0. The van der Waals surface area contributed by atoms with Gasteiger partial charge in [0.05, 0.1) is 0 Å². The van der Waals surface area contributed by atoms with Crippen molar-refractivity contribution in [3.05, 3.63) is 0 Å². The summed E-state index contributed by atoms with van der Waals surface area (Å²) in [4.78, 5) is 0. The van der Waals surface area contributed by atoms with Crippen molar-refractivity contribution >= 4 is 18.0 Å². The number of hydrogen-bond donors (Lipinski definition) is 0. The maximum absolute atomic E-state index is 4.79. The second-order valence-electron chi connectivity index (χ2n) is 0.996. The molecule has 0 rings (SSSR count). The fourth-order valence-electron chi connectivity index (χ4n) is 0.289. The van der Waals surface area contributed by atoms with Gasteiger partial charge in [0.25, 0.3) is 0 Å². The molecule has 0 aliphatic carbocycles. The van der Waals surface area contributed by atoms with Crippen LogP contribution in [0, 0.1) is 0 Å². The van der Waals surface area contributed by atoms with Crippen molar-refractivity contribution in [2.75, 3.05) is 20.5 Å². The fraction of sp³-hybridized carbons (Fsp3) is 1.00. The molecule has 42 valence electrons. The first-order chi connectivity index (χ1) is 3.35. The molecule has 0 atom stereocenters. The molecule has 0 aromatic heterocycles. The third-order valence-electron chi connectivity index (χ3n) is 0.577. The molecule has 0 saturated carbocycles. The van der Waals surface area contributed by atoms with Gasteiger partial charge >= 0.3 is 6.40 Å². The van der Waals surface area contributed by atoms with Crippen LogP contribution in [-0.4, -0.2) is 26.9 Å². The summed E-state index contributed by atoms with van der Waals surface area (Å²) in [6.45, 7) is 0. The van der Waals surface area contributed by atoms with Gasteiger partial charge in [-0.15, -0.1) is 11.6 Å². The zero-order chi connectivity index (χ0) is 5.70. The maximum Gasteiger partial charge on any atom is 0.530 e. The lowest BCUT2D eigenvalue weighted by atomic mass is 10.4. The molecular weight excluding hydrogens is 111 g/mol. The smallest absolute Gasteiger partial charge is 0.405 e. The van der Waals surface area contributed by atoms with Crippen molar-refractivity contribution in [1.82, 2.24) is 0 Å². The Morgan fingerprint density at radius 3 is 1.71 bits per heavy atom. The van der Waals surface area contributed by atoms with Gasteiger partial charge in [-0.05, 0) is 6.26 Å². The number of rotatable bonds is 3. The Bertz CT molecular complexity index is 34.4. The van der Waals surface area contributed by atoms with Crippen LogP contribution in [0.3, 0.4) is 0 Å². The molecule has 0 aromatic rings. The van der Waals surface area contributed by atoms with E-state index in [1.54, 1.807) is 14.2 Å². The Morgan fingerprint density at radius 1 is 1.29 bits per heavy atom. The van der Waals surface area contributed by atoms with Crippen molar-refractivity contribution in [3.8, 4) is 0 Å². The Kier molecular flexibility index (Phi) is 4.71. The van der Waals surface area contributed by atoms with Crippen LogP contribution < -0.4 is 0 Å². The summed E-state index contributed by atoms with van der Waals surface area (Å²) >= 11 is 1.53. The summed E-state index contributed by atoms with van der Waals surface area (Å²) in [5, 5.41) is 0. The van der Waals surface area contributed by atoms with Crippen LogP contribution in [0.5, 0.6) is 0 Å². The lowest BCUT2D eigenvalue weighted by Crippen LogP contribution is -2.12. The van der Waals surface area contributed by atoms with E-state index >= 15 is 0 Å². The van der Waals surface area contributed by atoms with Crippen molar-refractivity contribution in [2.45, 2.75) is 0 Å². The summed E-state index contributed by atoms with van der Waals surface area (Å²) < 4.78 is 9.58. The van der Waals surface area contributed by atoms with Gasteiger partial charge < -0.3 is 9.31 Å². The van der Waals surface area contributed by atoms with Crippen LogP contribution in [0.1, 0.15) is 0 Å². The largest absolute Gasteiger partial charge is 0.530 e. The average Bonchev–Trinajstić information content (AvgIpc) is 1.72. The van der Waals surface area contributed by atoms with Gasteiger partial charge in [-0.2, -0.15) is 0 Å². The molecule has 2 nitrogen and oxygen atoms in total. The Hall–Kier alpha value is 0.335. The van der Waals surface area contributed by atoms with Crippen LogP contribution in [0.2, 0.25) is 0 Å². The summed E-state index contributed by atoms with van der Waals surface area (Å²) in [7, 11) is 3.23. The fourth-order valence-corrected chi connectivity index (χ4v) is 0.674. The SMILES string of the molecule is COB(OC)SC. The first-order valence-electron chi connectivity index (χ1n) is 1.93. The molecule has 0 amide bonds. The minimum atomic E-state index is -0.0972. The Morgan fingerprint density at radius 2 is 1.71 bits per heavy atom. The van der Waals surface area contributed by atoms with E-state index in [-0.39, 0.29) is 6.40 Å². The molecule has 0 saturated heterocycles. The highest BCUT2D eigenvalue weighted by Crippen LogP contribution is 1.99. The number of hydrogen-bond acceptors (Lipinski definition) is 3. The molecule has 0 N–H and O–H groups in total. The highest BCUT2D eigenvalue weighted by Gasteiger charge is 2.09. The molecule has 0 unspecified atom stereocenters. The molecular formula is C3H9BO2S. The van der Waals surface area contributed by atoms with Crippen LogP contribution >= 0.6 is 11.6 Å². The Labute approximate surface area is 48.6 Å². The van der Waals surface area contributed by atoms with Crippen molar-refractivity contribution < 1.29 is 9.31 Å². The van der Waals surface area contributed by atoms with Gasteiger partial charge in [-0.25, -0.2) is 0 Å². The minimum Gasteiger partial charge on any atom is -0.405 e. The van der Waals surface area contributed by atoms with Crippen LogP contribution in [0.25, 0.3) is 0 Å². The quantitative estimate of drug-likeness (QED) is 0.509. The van der Waals surface area contributed by atoms with E-state index in [1.807, 2.05) is 6.26 Å². The highest BCUT2D eigenvalue weighted by atomic mass is 32.2. The van der Waals surface area contributed by atoms with E-state index in [4.69, 9.17) is 9.31 Å². The average molecular weight is 120 g/mol. The second kappa shape index (κ2) is 4.49. The second-order valence-corrected chi connectivity index (χ2v) is 1.85. The molecule has 0 fully saturated rings. The molecule has 4 heteroatoms. The van der Waals surface area contributed by atoms with Crippen LogP contribution in [0.4, 0.5) is 0 Å². The molecule has 0 aliphatic heterocycles. The molecule has 0 bridgehead atoms. The molecule has 7 heavy (non-hydrogen) atoms. The molecule has 0 spiro atoms. The van der Waals surface area contributed by atoms with Gasteiger partial charge in [0.2, 0.25) is 0 Å². The van der Waals surface area contributed by atoms with Crippen LogP contribution in [-0.2, 0) is 9.31 Å². The molecule has 0 radical (unpaired) electrons. The van der Waals surface area contributed by atoms with Crippen LogP contribution in [0.15, 0.2) is 0 Å². The van der Waals surface area contributed by atoms with E-state index in [0.29, 0.717) is 0 Å². The first-order valence-corrected chi connectivity index (χ1v) is 3.22. The van der Waals surface area contributed by atoms with Crippen molar-refractivity contribution in [2.24, 2.45) is 0 Å². The van der Waals surface area contributed by atoms with Gasteiger partial charge in [0.15, 0.2) is 0 Å². The normalized spacial score (nSPS) is 9.00. The van der Waals surface area contributed by atoms with E-state index in [1.165, 1.54) is 11.6 Å². The maximum atomic E-state index is 4.79. The summed E-state index contributed by atoms with van der Waals surface area (Å²) in [6.07, 6.45) is 1.83. The lowest BCUT2D eigenvalue weighted by Gasteiger charge is -2.01. The zero-order valence-electron chi connectivity index (χ0n) is 4.80. The molecule has 0 aromatic carbocycles. The van der Waals surface area contributed by atoms with Gasteiger partial charge in [-0.3, -0.25) is 0 Å². The van der Waals surface area contributed by atoms with Crippen molar-refractivity contribution in [3.63, 3.8) is 0 Å². The zero-order valence-corrected chi connectivity index (χ0v) is 5.62. The molecule has 0 aliphatic rings. The van der Waals surface area contributed by atoms with E-state index in [0.717, 1.165) is 0 Å². The van der Waals surface area contributed by atoms with Crippen molar-refractivity contribution in [1.29, 1.82) is 0 Å².